The first-order chi connectivity index (χ1) is 5.63. The van der Waals surface area contributed by atoms with Gasteiger partial charge in [-0.1, -0.05) is 19.8 Å². The summed E-state index contributed by atoms with van der Waals surface area (Å²) < 4.78 is 4.70. The summed E-state index contributed by atoms with van der Waals surface area (Å²) >= 11 is 0. The first kappa shape index (κ1) is 11.0. The van der Waals surface area contributed by atoms with E-state index in [0.29, 0.717) is 5.92 Å². The van der Waals surface area contributed by atoms with Crippen LogP contribution in [0.5, 0.6) is 0 Å². The van der Waals surface area contributed by atoms with Gasteiger partial charge in [-0.05, 0) is 5.92 Å². The molecule has 0 rings (SSSR count). The minimum atomic E-state index is -0.958. The van der Waals surface area contributed by atoms with Crippen molar-refractivity contribution in [2.45, 2.75) is 20.3 Å². The molecule has 0 amide bonds. The van der Waals surface area contributed by atoms with Crippen LogP contribution in [0.4, 0.5) is 0 Å². The maximum absolute atomic E-state index is 9.97. The normalized spacial score (nSPS) is 9.25. The maximum Gasteiger partial charge on any atom is 0.329 e. The Labute approximate surface area is 72.7 Å². The minimum Gasteiger partial charge on any atom is -0.480 e. The summed E-state index contributed by atoms with van der Waals surface area (Å²) in [6, 6.07) is 0. The Morgan fingerprint density at radius 3 is 2.67 bits per heavy atom. The van der Waals surface area contributed by atoms with Crippen LogP contribution in [0.15, 0.2) is 0 Å². The molecule has 68 valence electrons. The number of rotatable bonds is 4. The lowest BCUT2D eigenvalue weighted by Crippen LogP contribution is -2.06. The monoisotopic (exact) mass is 170 g/mol. The predicted octanol–water partition coefficient (Wildman–Crippen LogP) is 1.14. The first-order valence-electron chi connectivity index (χ1n) is 3.88. The number of ether oxygens (including phenoxy) is 1. The van der Waals surface area contributed by atoms with Crippen LogP contribution in [-0.2, 0) is 9.53 Å². The highest BCUT2D eigenvalue weighted by Gasteiger charge is 1.92. The van der Waals surface area contributed by atoms with Gasteiger partial charge < -0.3 is 9.84 Å². The van der Waals surface area contributed by atoms with Crippen molar-refractivity contribution in [1.82, 2.24) is 0 Å². The van der Waals surface area contributed by atoms with Gasteiger partial charge in [-0.2, -0.15) is 0 Å². The molecule has 0 aliphatic carbocycles. The fourth-order valence-electron chi connectivity index (χ4n) is 0.517. The SMILES string of the molecule is CC(C)CC#CCOCC(=O)O. The second kappa shape index (κ2) is 6.68. The third-order valence-electron chi connectivity index (χ3n) is 1.04. The molecule has 3 heteroatoms. The number of aliphatic carboxylic acids is 1. The van der Waals surface area contributed by atoms with E-state index < -0.39 is 5.97 Å². The Hall–Kier alpha value is -1.01. The molecule has 0 fully saturated rings. The lowest BCUT2D eigenvalue weighted by molar-refractivity contribution is -0.141. The van der Waals surface area contributed by atoms with Gasteiger partial charge in [0.2, 0.25) is 0 Å². The van der Waals surface area contributed by atoms with Crippen LogP contribution in [-0.4, -0.2) is 24.3 Å². The zero-order valence-corrected chi connectivity index (χ0v) is 7.46. The van der Waals surface area contributed by atoms with Gasteiger partial charge in [0.25, 0.3) is 0 Å². The van der Waals surface area contributed by atoms with E-state index in [1.807, 2.05) is 0 Å². The van der Waals surface area contributed by atoms with E-state index in [1.54, 1.807) is 0 Å². The molecule has 0 spiro atoms. The minimum absolute atomic E-state index is 0.207. The van der Waals surface area contributed by atoms with E-state index in [9.17, 15) is 4.79 Å². The molecular weight excluding hydrogens is 156 g/mol. The van der Waals surface area contributed by atoms with Crippen molar-refractivity contribution in [3.63, 3.8) is 0 Å². The van der Waals surface area contributed by atoms with Crippen LogP contribution in [0.3, 0.4) is 0 Å². The van der Waals surface area contributed by atoms with Crippen molar-refractivity contribution in [2.24, 2.45) is 5.92 Å². The highest BCUT2D eigenvalue weighted by atomic mass is 16.5. The van der Waals surface area contributed by atoms with Crippen molar-refractivity contribution < 1.29 is 14.6 Å². The number of carboxylic acids is 1. The highest BCUT2D eigenvalue weighted by molar-refractivity contribution is 5.68. The Morgan fingerprint density at radius 2 is 2.17 bits per heavy atom. The molecule has 0 atom stereocenters. The molecule has 0 heterocycles. The molecule has 0 aromatic rings. The standard InChI is InChI=1S/C9H14O3/c1-8(2)5-3-4-6-12-7-9(10)11/h8H,5-7H2,1-2H3,(H,10,11). The Bertz CT molecular complexity index is 186. The largest absolute Gasteiger partial charge is 0.480 e. The second-order valence-corrected chi connectivity index (χ2v) is 2.84. The van der Waals surface area contributed by atoms with Crippen LogP contribution >= 0.6 is 0 Å². The summed E-state index contributed by atoms with van der Waals surface area (Å²) in [5.74, 6) is 5.22. The average Bonchev–Trinajstić information content (AvgIpc) is 1.95. The van der Waals surface area contributed by atoms with Gasteiger partial charge in [-0.25, -0.2) is 4.79 Å². The molecule has 0 radical (unpaired) electrons. The second-order valence-electron chi connectivity index (χ2n) is 2.84. The van der Waals surface area contributed by atoms with Gasteiger partial charge in [0, 0.05) is 6.42 Å². The van der Waals surface area contributed by atoms with Gasteiger partial charge in [0.1, 0.15) is 13.2 Å². The van der Waals surface area contributed by atoms with Crippen LogP contribution < -0.4 is 0 Å². The summed E-state index contributed by atoms with van der Waals surface area (Å²) in [5.41, 5.74) is 0. The summed E-state index contributed by atoms with van der Waals surface area (Å²) in [5, 5.41) is 8.19. The fraction of sp³-hybridized carbons (Fsp3) is 0.667. The van der Waals surface area contributed by atoms with Crippen molar-refractivity contribution in [3.05, 3.63) is 0 Å². The predicted molar refractivity (Wildman–Crippen MR) is 45.7 cm³/mol. The van der Waals surface area contributed by atoms with Crippen molar-refractivity contribution in [1.29, 1.82) is 0 Å². The molecule has 0 unspecified atom stereocenters. The van der Waals surface area contributed by atoms with Gasteiger partial charge in [0.15, 0.2) is 0 Å². The summed E-state index contributed by atoms with van der Waals surface area (Å²) in [7, 11) is 0. The zero-order valence-electron chi connectivity index (χ0n) is 7.46. The van der Waals surface area contributed by atoms with Crippen molar-refractivity contribution in [3.8, 4) is 11.8 Å². The summed E-state index contributed by atoms with van der Waals surface area (Å²) in [6.45, 7) is 4.09. The molecule has 1 N–H and O–H groups in total. The molecule has 0 aliphatic heterocycles. The van der Waals surface area contributed by atoms with Gasteiger partial charge in [-0.15, -0.1) is 5.92 Å². The van der Waals surface area contributed by atoms with Gasteiger partial charge >= 0.3 is 5.97 Å². The van der Waals surface area contributed by atoms with E-state index in [-0.39, 0.29) is 13.2 Å². The lowest BCUT2D eigenvalue weighted by Gasteiger charge is -1.94. The molecule has 0 aromatic carbocycles. The maximum atomic E-state index is 9.97. The molecule has 0 aliphatic rings. The van der Waals surface area contributed by atoms with Crippen molar-refractivity contribution in [2.75, 3.05) is 13.2 Å². The Morgan fingerprint density at radius 1 is 1.50 bits per heavy atom. The number of hydrogen-bond donors (Lipinski definition) is 1. The first-order valence-corrected chi connectivity index (χ1v) is 3.88. The number of carboxylic acid groups (broad SMARTS) is 1. The molecule has 0 saturated heterocycles. The van der Waals surface area contributed by atoms with E-state index in [4.69, 9.17) is 9.84 Å². The lowest BCUT2D eigenvalue weighted by atomic mass is 10.1. The van der Waals surface area contributed by atoms with E-state index in [1.165, 1.54) is 0 Å². The van der Waals surface area contributed by atoms with E-state index >= 15 is 0 Å². The zero-order chi connectivity index (χ0) is 9.40. The van der Waals surface area contributed by atoms with Gasteiger partial charge in [0.05, 0.1) is 0 Å². The van der Waals surface area contributed by atoms with Gasteiger partial charge in [-0.3, -0.25) is 0 Å². The summed E-state index contributed by atoms with van der Waals surface area (Å²) in [6.07, 6.45) is 0.830. The average molecular weight is 170 g/mol. The smallest absolute Gasteiger partial charge is 0.329 e. The fourth-order valence-corrected chi connectivity index (χ4v) is 0.517. The highest BCUT2D eigenvalue weighted by Crippen LogP contribution is 1.95. The molecule has 12 heavy (non-hydrogen) atoms. The molecule has 0 aromatic heterocycles. The summed E-state index contributed by atoms with van der Waals surface area (Å²) in [4.78, 5) is 9.97. The van der Waals surface area contributed by atoms with E-state index in [0.717, 1.165) is 6.42 Å². The Balaban J connectivity index is 3.27. The van der Waals surface area contributed by atoms with E-state index in [2.05, 4.69) is 25.7 Å². The molecule has 0 bridgehead atoms. The molecule has 3 nitrogen and oxygen atoms in total. The number of carbonyl (C=O) groups is 1. The molecule has 0 saturated carbocycles. The van der Waals surface area contributed by atoms with Crippen LogP contribution in [0.1, 0.15) is 20.3 Å². The topological polar surface area (TPSA) is 46.5 Å². The van der Waals surface area contributed by atoms with Crippen LogP contribution in [0.25, 0.3) is 0 Å². The molecular formula is C9H14O3. The third kappa shape index (κ3) is 8.99. The third-order valence-corrected chi connectivity index (χ3v) is 1.04. The Kier molecular flexibility index (Phi) is 6.12. The van der Waals surface area contributed by atoms with Crippen LogP contribution in [0, 0.1) is 17.8 Å². The number of hydrogen-bond acceptors (Lipinski definition) is 2. The quantitative estimate of drug-likeness (QED) is 0.508. The van der Waals surface area contributed by atoms with Crippen molar-refractivity contribution >= 4 is 5.97 Å². The van der Waals surface area contributed by atoms with Crippen LogP contribution in [0.2, 0.25) is 0 Å².